The van der Waals surface area contributed by atoms with Crippen molar-refractivity contribution < 1.29 is 46.1 Å². The Bertz CT molecular complexity index is 3030. The van der Waals surface area contributed by atoms with Crippen LogP contribution in [0.2, 0.25) is 0 Å². The molecular weight excluding hydrogens is 899 g/mol. The van der Waals surface area contributed by atoms with Crippen LogP contribution in [0.3, 0.4) is 0 Å². The van der Waals surface area contributed by atoms with E-state index in [1.54, 1.807) is 91.0 Å². The van der Waals surface area contributed by atoms with Crippen LogP contribution in [0.5, 0.6) is 17.2 Å². The maximum absolute atomic E-state index is 15.9. The van der Waals surface area contributed by atoms with Crippen molar-refractivity contribution in [1.82, 2.24) is 39.5 Å². The number of nitriles is 1. The van der Waals surface area contributed by atoms with E-state index in [4.69, 9.17) is 19.3 Å². The Balaban J connectivity index is 1.50. The first-order chi connectivity index (χ1) is 31.2. The predicted molar refractivity (Wildman–Crippen MR) is 238 cm³/mol. The molecule has 5 aromatic carbocycles. The zero-order chi connectivity index (χ0) is 46.3. The van der Waals surface area contributed by atoms with Crippen molar-refractivity contribution in [2.24, 2.45) is 0 Å². The Kier molecular flexibility index (Phi) is 14.0. The zero-order valence-corrected chi connectivity index (χ0v) is 37.4. The number of carbonyl (C=O) groups is 1. The fraction of sp³-hybridized carbons (Fsp3) is 0.209. The maximum atomic E-state index is 15.9. The lowest BCUT2D eigenvalue weighted by Crippen LogP contribution is -2.40. The van der Waals surface area contributed by atoms with Crippen LogP contribution in [0.1, 0.15) is 21.7 Å². The summed E-state index contributed by atoms with van der Waals surface area (Å²) in [6, 6.07) is 30.1. The van der Waals surface area contributed by atoms with Gasteiger partial charge < -0.3 is 29.7 Å². The average molecular weight is 940 g/mol. The molecule has 0 fully saturated rings. The second-order valence-electron chi connectivity index (χ2n) is 14.3. The van der Waals surface area contributed by atoms with Gasteiger partial charge in [0.1, 0.15) is 33.1 Å². The van der Waals surface area contributed by atoms with E-state index >= 15 is 8.42 Å². The number of carboxylic acid groups (broad SMARTS) is 1. The van der Waals surface area contributed by atoms with E-state index in [0.29, 0.717) is 44.2 Å². The third-order valence-corrected chi connectivity index (χ3v) is 14.4. The van der Waals surface area contributed by atoms with E-state index in [0.717, 1.165) is 27.3 Å². The van der Waals surface area contributed by atoms with Crippen molar-refractivity contribution in [1.29, 1.82) is 5.26 Å². The van der Waals surface area contributed by atoms with Crippen LogP contribution in [0.4, 0.5) is 4.79 Å². The number of aliphatic hydroxyl groups is 1. The molecule has 1 atom stereocenters. The molecule has 0 aliphatic carbocycles. The van der Waals surface area contributed by atoms with Crippen molar-refractivity contribution in [2.75, 3.05) is 34.4 Å². The Morgan fingerprint density at radius 1 is 0.815 bits per heavy atom. The standard InChI is InChI=1S/C43H41N9O10S3/c1-60-31-13-7-27(8-14-31)24-51(25-28-9-15-32(61-2)16-10-28)65(58,59)41-37(64(56,57)46-23-30(53)22-45-43(54)55)20-19-34(35-5-4-6-36-40(35)47-38(21-44)63-36)39(41)42-48-50-52(49-42)26-29-11-17-33(62-3)18-12-29/h4-20,30,45-46,53H,22-26H2,1-3H3,(H,54,55). The molecule has 1 unspecified atom stereocenters. The topological polar surface area (TPSA) is 261 Å². The van der Waals surface area contributed by atoms with E-state index in [2.05, 4.69) is 31.2 Å². The van der Waals surface area contributed by atoms with Crippen LogP contribution in [-0.4, -0.2) is 103 Å². The van der Waals surface area contributed by atoms with Crippen molar-refractivity contribution in [2.45, 2.75) is 35.5 Å². The van der Waals surface area contributed by atoms with E-state index < -0.39 is 55.1 Å². The molecule has 2 aromatic heterocycles. The van der Waals surface area contributed by atoms with Crippen LogP contribution < -0.4 is 24.2 Å². The number of methoxy groups -OCH3 is 3. The minimum Gasteiger partial charge on any atom is -0.497 e. The van der Waals surface area contributed by atoms with Crippen LogP contribution in [0.15, 0.2) is 113 Å². The number of nitrogens with zero attached hydrogens (tertiary/aromatic N) is 7. The van der Waals surface area contributed by atoms with Gasteiger partial charge in [-0.15, -0.1) is 21.5 Å². The summed E-state index contributed by atoms with van der Waals surface area (Å²) in [7, 11) is -5.40. The number of aromatic nitrogens is 5. The number of fused-ring (bicyclic) bond motifs is 1. The van der Waals surface area contributed by atoms with Gasteiger partial charge in [0.15, 0.2) is 5.01 Å². The number of hydrogen-bond acceptors (Lipinski definition) is 15. The van der Waals surface area contributed by atoms with Crippen molar-refractivity contribution in [3.8, 4) is 45.8 Å². The molecule has 65 heavy (non-hydrogen) atoms. The molecule has 0 aliphatic rings. The number of tetrazole rings is 1. The molecule has 2 heterocycles. The lowest BCUT2D eigenvalue weighted by Gasteiger charge is -2.26. The number of para-hydroxylation sites is 1. The van der Waals surface area contributed by atoms with Crippen LogP contribution in [0, 0.1) is 11.3 Å². The number of hydrogen-bond donors (Lipinski definition) is 4. The number of amides is 1. The van der Waals surface area contributed by atoms with Gasteiger partial charge in [-0.1, -0.05) is 54.6 Å². The number of benzene rings is 5. The van der Waals surface area contributed by atoms with Gasteiger partial charge in [-0.25, -0.2) is 31.3 Å². The molecule has 22 heteroatoms. The van der Waals surface area contributed by atoms with E-state index in [-0.39, 0.29) is 41.6 Å². The Morgan fingerprint density at radius 3 is 1.95 bits per heavy atom. The molecule has 0 radical (unpaired) electrons. The van der Waals surface area contributed by atoms with Gasteiger partial charge >= 0.3 is 6.09 Å². The van der Waals surface area contributed by atoms with Gasteiger partial charge in [0.2, 0.25) is 25.9 Å². The first kappa shape index (κ1) is 46.0. The van der Waals surface area contributed by atoms with Crippen LogP contribution >= 0.6 is 11.3 Å². The fourth-order valence-corrected chi connectivity index (χ4v) is 11.1. The number of sulfonamides is 2. The summed E-state index contributed by atoms with van der Waals surface area (Å²) in [5.74, 6) is 1.39. The summed E-state index contributed by atoms with van der Waals surface area (Å²) in [5, 5.41) is 44.8. The van der Waals surface area contributed by atoms with Gasteiger partial charge in [0.05, 0.1) is 49.8 Å². The number of rotatable bonds is 19. The van der Waals surface area contributed by atoms with E-state index in [1.165, 1.54) is 32.2 Å². The van der Waals surface area contributed by atoms with Crippen molar-refractivity contribution in [3.63, 3.8) is 0 Å². The molecule has 19 nitrogen and oxygen atoms in total. The summed E-state index contributed by atoms with van der Waals surface area (Å²) in [6.07, 6.45) is -2.99. The number of aliphatic hydroxyl groups excluding tert-OH is 1. The molecule has 0 saturated heterocycles. The molecule has 0 bridgehead atoms. The summed E-state index contributed by atoms with van der Waals surface area (Å²) in [4.78, 5) is 15.4. The number of ether oxygens (including phenoxy) is 3. The Labute approximate surface area is 377 Å². The highest BCUT2D eigenvalue weighted by molar-refractivity contribution is 7.92. The highest BCUT2D eigenvalue weighted by Gasteiger charge is 2.38. The minimum absolute atomic E-state index is 0.0739. The second kappa shape index (κ2) is 19.8. The maximum Gasteiger partial charge on any atom is 0.404 e. The molecule has 336 valence electrons. The third kappa shape index (κ3) is 10.5. The SMILES string of the molecule is COc1ccc(CN(Cc2ccc(OC)cc2)S(=O)(=O)c2c(S(=O)(=O)NCC(O)CNC(=O)O)ccc(-c3cccc4sc(C#N)nc34)c2-c2nnn(Cc3ccc(OC)cc3)n2)cc1. The molecule has 0 aliphatic heterocycles. The largest absolute Gasteiger partial charge is 0.497 e. The van der Waals surface area contributed by atoms with E-state index in [1.807, 2.05) is 5.32 Å². The van der Waals surface area contributed by atoms with E-state index in [9.17, 15) is 23.6 Å². The van der Waals surface area contributed by atoms with Crippen molar-refractivity contribution in [3.05, 3.63) is 125 Å². The number of thiazole rings is 1. The van der Waals surface area contributed by atoms with Gasteiger partial charge in [-0.05, 0) is 76.0 Å². The molecule has 1 amide bonds. The average Bonchev–Trinajstić information content (AvgIpc) is 3.97. The molecule has 0 saturated carbocycles. The Morgan fingerprint density at radius 2 is 1.40 bits per heavy atom. The van der Waals surface area contributed by atoms with Gasteiger partial charge in [0.25, 0.3) is 0 Å². The molecule has 0 spiro atoms. The van der Waals surface area contributed by atoms with Gasteiger partial charge in [0, 0.05) is 31.7 Å². The zero-order valence-electron chi connectivity index (χ0n) is 34.9. The Hall–Kier alpha value is -7.00. The normalized spacial score (nSPS) is 12.2. The smallest absolute Gasteiger partial charge is 0.404 e. The summed E-state index contributed by atoms with van der Waals surface area (Å²) in [5.41, 5.74) is 2.35. The minimum atomic E-state index is -5.02. The monoisotopic (exact) mass is 939 g/mol. The first-order valence-corrected chi connectivity index (χ1v) is 23.3. The second-order valence-corrected chi connectivity index (χ2v) is 18.9. The predicted octanol–water partition coefficient (Wildman–Crippen LogP) is 4.86. The molecular formula is C43H41N9O10S3. The third-order valence-electron chi connectivity index (χ3n) is 10.0. The highest BCUT2D eigenvalue weighted by atomic mass is 32.2. The summed E-state index contributed by atoms with van der Waals surface area (Å²) >= 11 is 1.12. The van der Waals surface area contributed by atoms with Gasteiger partial charge in [-0.3, -0.25) is 0 Å². The molecule has 7 aromatic rings. The molecule has 7 rings (SSSR count). The highest BCUT2D eigenvalue weighted by Crippen LogP contribution is 2.43. The fourth-order valence-electron chi connectivity index (χ4n) is 6.78. The van der Waals surface area contributed by atoms with Crippen LogP contribution in [0.25, 0.3) is 32.7 Å². The lowest BCUT2D eigenvalue weighted by molar-refractivity contribution is 0.159. The lowest BCUT2D eigenvalue weighted by atomic mass is 9.98. The van der Waals surface area contributed by atoms with Crippen LogP contribution in [-0.2, 0) is 39.7 Å². The number of nitrogens with one attached hydrogen (secondary N) is 2. The molecule has 4 N–H and O–H groups in total. The first-order valence-electron chi connectivity index (χ1n) is 19.5. The summed E-state index contributed by atoms with van der Waals surface area (Å²) in [6.45, 7) is -1.69. The summed E-state index contributed by atoms with van der Waals surface area (Å²) < 4.78 is 81.0. The van der Waals surface area contributed by atoms with Gasteiger partial charge in [-0.2, -0.15) is 14.4 Å². The van der Waals surface area contributed by atoms with Crippen molar-refractivity contribution >= 4 is 47.7 Å². The quantitative estimate of drug-likeness (QED) is 0.0844.